The van der Waals surface area contributed by atoms with Gasteiger partial charge in [-0.2, -0.15) is 0 Å². The molecule has 0 spiro atoms. The van der Waals surface area contributed by atoms with Crippen molar-refractivity contribution < 1.29 is 9.53 Å². The van der Waals surface area contributed by atoms with Crippen molar-refractivity contribution in [3.05, 3.63) is 35.4 Å². The Morgan fingerprint density at radius 3 is 2.59 bits per heavy atom. The van der Waals surface area contributed by atoms with Crippen LogP contribution in [-0.2, 0) is 16.1 Å². The van der Waals surface area contributed by atoms with E-state index in [1.54, 1.807) is 0 Å². The van der Waals surface area contributed by atoms with Crippen molar-refractivity contribution in [2.75, 3.05) is 19.8 Å². The predicted molar refractivity (Wildman–Crippen MR) is 105 cm³/mol. The summed E-state index contributed by atoms with van der Waals surface area (Å²) in [7, 11) is 0. The monoisotopic (exact) mass is 368 g/mol. The smallest absolute Gasteiger partial charge is 0.239 e. The third kappa shape index (κ3) is 3.54. The van der Waals surface area contributed by atoms with Crippen LogP contribution in [0.2, 0.25) is 0 Å². The molecule has 4 heteroatoms. The van der Waals surface area contributed by atoms with Crippen LogP contribution in [0.3, 0.4) is 0 Å². The zero-order valence-electron chi connectivity index (χ0n) is 16.4. The van der Waals surface area contributed by atoms with Crippen molar-refractivity contribution in [2.45, 2.75) is 57.7 Å². The molecule has 1 aromatic rings. The van der Waals surface area contributed by atoms with Crippen LogP contribution < -0.4 is 5.32 Å². The first-order valence-corrected chi connectivity index (χ1v) is 10.8. The Hall–Kier alpha value is -1.39. The van der Waals surface area contributed by atoms with Crippen molar-refractivity contribution in [3.8, 4) is 0 Å². The lowest BCUT2D eigenvalue weighted by molar-refractivity contribution is -0.136. The van der Waals surface area contributed by atoms with E-state index in [-0.39, 0.29) is 11.9 Å². The number of morpholine rings is 1. The minimum atomic E-state index is -0.156. The summed E-state index contributed by atoms with van der Waals surface area (Å²) in [6.45, 7) is 5.01. The molecule has 0 aromatic heterocycles. The van der Waals surface area contributed by atoms with Crippen LogP contribution in [0, 0.1) is 30.6 Å². The van der Waals surface area contributed by atoms with Crippen molar-refractivity contribution in [1.82, 2.24) is 10.2 Å². The summed E-state index contributed by atoms with van der Waals surface area (Å²) in [5.41, 5.74) is 2.56. The van der Waals surface area contributed by atoms with E-state index in [0.717, 1.165) is 36.8 Å². The quantitative estimate of drug-likeness (QED) is 0.888. The molecule has 0 radical (unpaired) electrons. The van der Waals surface area contributed by atoms with Crippen LogP contribution in [0.1, 0.15) is 43.2 Å². The molecular formula is C23H32N2O2. The van der Waals surface area contributed by atoms with Gasteiger partial charge in [-0.05, 0) is 68.3 Å². The van der Waals surface area contributed by atoms with E-state index >= 15 is 0 Å². The first-order chi connectivity index (χ1) is 13.2. The molecule has 4 bridgehead atoms. The number of carbonyl (C=O) groups is 1. The normalized spacial score (nSPS) is 38.1. The number of ether oxygens (including phenoxy) is 1. The average molecular weight is 369 g/mol. The Morgan fingerprint density at radius 1 is 1.15 bits per heavy atom. The highest BCUT2D eigenvalue weighted by Crippen LogP contribution is 2.53. The Bertz CT molecular complexity index is 675. The molecule has 1 aromatic carbocycles. The number of benzene rings is 1. The van der Waals surface area contributed by atoms with Gasteiger partial charge in [0.1, 0.15) is 6.04 Å². The van der Waals surface area contributed by atoms with Crippen molar-refractivity contribution in [1.29, 1.82) is 0 Å². The summed E-state index contributed by atoms with van der Waals surface area (Å²) < 4.78 is 5.70. The van der Waals surface area contributed by atoms with E-state index in [4.69, 9.17) is 4.74 Å². The van der Waals surface area contributed by atoms with Crippen molar-refractivity contribution in [2.24, 2.45) is 23.7 Å². The van der Waals surface area contributed by atoms with E-state index in [1.165, 1.54) is 43.2 Å². The molecule has 1 heterocycles. The van der Waals surface area contributed by atoms with E-state index < -0.39 is 0 Å². The standard InChI is InChI=1S/C23H32N2O2/c1-15-3-2-4-16(7-15)13-25-5-6-27-14-21(25)23(26)24-22-19-9-17-8-18(11-19)12-20(22)10-17/h2-4,7,17-22H,5-6,8-14H2,1H3,(H,24,26). The van der Waals surface area contributed by atoms with E-state index in [0.29, 0.717) is 19.3 Å². The molecule has 4 saturated carbocycles. The van der Waals surface area contributed by atoms with Gasteiger partial charge in [0, 0.05) is 19.1 Å². The maximum absolute atomic E-state index is 13.2. The molecule has 146 valence electrons. The largest absolute Gasteiger partial charge is 0.378 e. The Kier molecular flexibility index (Phi) is 4.73. The second kappa shape index (κ2) is 7.21. The van der Waals surface area contributed by atoms with E-state index in [9.17, 15) is 4.79 Å². The van der Waals surface area contributed by atoms with Gasteiger partial charge < -0.3 is 10.1 Å². The van der Waals surface area contributed by atoms with Gasteiger partial charge in [-0.1, -0.05) is 29.8 Å². The zero-order chi connectivity index (χ0) is 18.4. The van der Waals surface area contributed by atoms with Gasteiger partial charge >= 0.3 is 0 Å². The van der Waals surface area contributed by atoms with Gasteiger partial charge in [-0.25, -0.2) is 0 Å². The van der Waals surface area contributed by atoms with Crippen LogP contribution in [-0.4, -0.2) is 42.6 Å². The van der Waals surface area contributed by atoms with E-state index in [1.807, 2.05) is 0 Å². The van der Waals surface area contributed by atoms with Crippen molar-refractivity contribution in [3.63, 3.8) is 0 Å². The molecule has 1 saturated heterocycles. The van der Waals surface area contributed by atoms with Crippen LogP contribution in [0.4, 0.5) is 0 Å². The lowest BCUT2D eigenvalue weighted by Gasteiger charge is -2.54. The first-order valence-electron chi connectivity index (χ1n) is 10.8. The highest BCUT2D eigenvalue weighted by atomic mass is 16.5. The number of rotatable bonds is 4. The summed E-state index contributed by atoms with van der Waals surface area (Å²) in [5.74, 6) is 3.52. The fourth-order valence-corrected chi connectivity index (χ4v) is 6.54. The van der Waals surface area contributed by atoms with E-state index in [2.05, 4.69) is 41.4 Å². The Balaban J connectivity index is 1.26. The van der Waals surface area contributed by atoms with Gasteiger partial charge in [0.2, 0.25) is 5.91 Å². The average Bonchev–Trinajstić information content (AvgIpc) is 2.64. The molecule has 1 aliphatic heterocycles. The van der Waals surface area contributed by atoms with Gasteiger partial charge in [-0.3, -0.25) is 9.69 Å². The molecule has 5 fully saturated rings. The number of aryl methyl sites for hydroxylation is 1. The minimum Gasteiger partial charge on any atom is -0.378 e. The van der Waals surface area contributed by atoms with Crippen LogP contribution >= 0.6 is 0 Å². The number of nitrogens with zero attached hydrogens (tertiary/aromatic N) is 1. The second-order valence-electron chi connectivity index (χ2n) is 9.52. The molecule has 4 nitrogen and oxygen atoms in total. The minimum absolute atomic E-state index is 0.156. The number of hydrogen-bond donors (Lipinski definition) is 1. The maximum atomic E-state index is 13.2. The van der Waals surface area contributed by atoms with Gasteiger partial charge in [0.05, 0.1) is 13.2 Å². The SMILES string of the molecule is Cc1cccc(CN2CCOCC2C(=O)NC2C3CC4CC(C3)CC2C4)c1. The molecule has 1 atom stereocenters. The Morgan fingerprint density at radius 2 is 1.89 bits per heavy atom. The third-order valence-electron chi connectivity index (χ3n) is 7.55. The summed E-state index contributed by atoms with van der Waals surface area (Å²) in [4.78, 5) is 15.5. The lowest BCUT2D eigenvalue weighted by Crippen LogP contribution is -2.60. The second-order valence-corrected chi connectivity index (χ2v) is 9.52. The summed E-state index contributed by atoms with van der Waals surface area (Å²) >= 11 is 0. The van der Waals surface area contributed by atoms with Gasteiger partial charge in [-0.15, -0.1) is 0 Å². The highest BCUT2D eigenvalue weighted by Gasteiger charge is 2.49. The number of nitrogens with one attached hydrogen (secondary N) is 1. The number of hydrogen-bond acceptors (Lipinski definition) is 3. The fraction of sp³-hybridized carbons (Fsp3) is 0.696. The van der Waals surface area contributed by atoms with Crippen LogP contribution in [0.15, 0.2) is 24.3 Å². The van der Waals surface area contributed by atoms with Gasteiger partial charge in [0.15, 0.2) is 0 Å². The zero-order valence-corrected chi connectivity index (χ0v) is 16.4. The maximum Gasteiger partial charge on any atom is 0.239 e. The van der Waals surface area contributed by atoms with Crippen molar-refractivity contribution >= 4 is 5.91 Å². The van der Waals surface area contributed by atoms with Gasteiger partial charge in [0.25, 0.3) is 0 Å². The first kappa shape index (κ1) is 17.7. The molecule has 4 aliphatic carbocycles. The third-order valence-corrected chi connectivity index (χ3v) is 7.55. The van der Waals surface area contributed by atoms with Crippen LogP contribution in [0.25, 0.3) is 0 Å². The lowest BCUT2D eigenvalue weighted by atomic mass is 9.54. The highest BCUT2D eigenvalue weighted by molar-refractivity contribution is 5.82. The molecular weight excluding hydrogens is 336 g/mol. The molecule has 6 rings (SSSR count). The van der Waals surface area contributed by atoms with Crippen LogP contribution in [0.5, 0.6) is 0 Å². The molecule has 5 aliphatic rings. The summed E-state index contributed by atoms with van der Waals surface area (Å²) in [6.07, 6.45) is 6.81. The Labute approximate surface area is 162 Å². The fourth-order valence-electron chi connectivity index (χ4n) is 6.54. The topological polar surface area (TPSA) is 41.6 Å². The number of amides is 1. The summed E-state index contributed by atoms with van der Waals surface area (Å²) in [6, 6.07) is 8.87. The molecule has 27 heavy (non-hydrogen) atoms. The summed E-state index contributed by atoms with van der Waals surface area (Å²) in [5, 5.41) is 3.50. The molecule has 1 amide bonds. The molecule has 1 N–H and O–H groups in total. The number of carbonyl (C=O) groups excluding carboxylic acids is 1. The predicted octanol–water partition coefficient (Wildman–Crippen LogP) is 3.14. The molecule has 1 unspecified atom stereocenters.